The van der Waals surface area contributed by atoms with E-state index in [4.69, 9.17) is 10.5 Å². The molecule has 0 saturated heterocycles. The van der Waals surface area contributed by atoms with E-state index >= 15 is 0 Å². The molecule has 0 aliphatic heterocycles. The zero-order valence-corrected chi connectivity index (χ0v) is 10.6. The average molecular weight is 270 g/mol. The lowest BCUT2D eigenvalue weighted by molar-refractivity contribution is 0.288. The normalized spacial score (nSPS) is 10.7. The average Bonchev–Trinajstić information content (AvgIpc) is 2.69. The summed E-state index contributed by atoms with van der Waals surface area (Å²) in [4.78, 5) is 5.24. The molecule has 2 aromatic rings. The van der Waals surface area contributed by atoms with E-state index in [2.05, 4.69) is 4.98 Å². The largest absolute Gasteiger partial charge is 0.483 e. The minimum Gasteiger partial charge on any atom is -0.483 e. The molecule has 18 heavy (non-hydrogen) atoms. The molecule has 0 aliphatic carbocycles. The fourth-order valence-corrected chi connectivity index (χ4v) is 2.33. The molecule has 2 N–H and O–H groups in total. The number of ether oxygens (including phenoxy) is 1. The Bertz CT molecular complexity index is 557. The van der Waals surface area contributed by atoms with Crippen LogP contribution < -0.4 is 10.5 Å². The summed E-state index contributed by atoms with van der Waals surface area (Å²) in [6, 6.07) is 3.19. The summed E-state index contributed by atoms with van der Waals surface area (Å²) in [6.45, 7) is 2.43. The first-order chi connectivity index (χ1) is 8.60. The molecule has 1 aromatic heterocycles. The fraction of sp³-hybridized carbons (Fsp3) is 0.250. The fourth-order valence-electron chi connectivity index (χ4n) is 1.47. The van der Waals surface area contributed by atoms with Crippen molar-refractivity contribution in [3.05, 3.63) is 45.4 Å². The highest BCUT2D eigenvalue weighted by molar-refractivity contribution is 7.11. The third kappa shape index (κ3) is 2.83. The second-order valence-corrected chi connectivity index (χ2v) is 4.85. The van der Waals surface area contributed by atoms with Gasteiger partial charge in [-0.05, 0) is 19.1 Å². The Hall–Kier alpha value is -1.53. The van der Waals surface area contributed by atoms with Crippen LogP contribution in [0.3, 0.4) is 0 Å². The summed E-state index contributed by atoms with van der Waals surface area (Å²) in [5.74, 6) is -1.34. The van der Waals surface area contributed by atoms with Gasteiger partial charge in [0.05, 0.1) is 5.69 Å². The summed E-state index contributed by atoms with van der Waals surface area (Å²) < 4.78 is 31.3. The Kier molecular flexibility index (Phi) is 3.88. The number of nitrogens with two attached hydrogens (primary N) is 1. The number of benzene rings is 1. The van der Waals surface area contributed by atoms with Crippen molar-refractivity contribution in [2.45, 2.75) is 20.1 Å². The van der Waals surface area contributed by atoms with Crippen molar-refractivity contribution in [1.29, 1.82) is 0 Å². The second kappa shape index (κ2) is 5.41. The van der Waals surface area contributed by atoms with Crippen LogP contribution in [0.5, 0.6) is 5.75 Å². The molecule has 0 unspecified atom stereocenters. The molecule has 0 aliphatic rings. The van der Waals surface area contributed by atoms with Crippen LogP contribution in [0.2, 0.25) is 0 Å². The van der Waals surface area contributed by atoms with Gasteiger partial charge >= 0.3 is 0 Å². The van der Waals surface area contributed by atoms with Crippen molar-refractivity contribution in [3.63, 3.8) is 0 Å². The summed E-state index contributed by atoms with van der Waals surface area (Å²) >= 11 is 1.43. The van der Waals surface area contributed by atoms with E-state index in [9.17, 15) is 8.78 Å². The Labute approximate surface area is 107 Å². The maximum absolute atomic E-state index is 13.3. The van der Waals surface area contributed by atoms with Gasteiger partial charge < -0.3 is 10.5 Å². The number of halogens is 2. The van der Waals surface area contributed by atoms with E-state index in [0.717, 1.165) is 27.7 Å². The van der Waals surface area contributed by atoms with Crippen molar-refractivity contribution < 1.29 is 13.5 Å². The molecule has 0 saturated carbocycles. The van der Waals surface area contributed by atoms with Crippen molar-refractivity contribution in [2.75, 3.05) is 0 Å². The maximum atomic E-state index is 13.3. The van der Waals surface area contributed by atoms with Crippen molar-refractivity contribution in [2.24, 2.45) is 5.73 Å². The van der Waals surface area contributed by atoms with E-state index in [1.165, 1.54) is 17.4 Å². The predicted molar refractivity (Wildman–Crippen MR) is 65.4 cm³/mol. The van der Waals surface area contributed by atoms with Gasteiger partial charge in [-0.25, -0.2) is 13.8 Å². The number of aromatic nitrogens is 1. The van der Waals surface area contributed by atoms with Crippen LogP contribution >= 0.6 is 11.3 Å². The summed E-state index contributed by atoms with van der Waals surface area (Å²) in [5, 5.41) is 0.719. The lowest BCUT2D eigenvalue weighted by Gasteiger charge is -2.04. The van der Waals surface area contributed by atoms with E-state index < -0.39 is 11.6 Å². The van der Waals surface area contributed by atoms with Gasteiger partial charge in [0.1, 0.15) is 17.4 Å². The van der Waals surface area contributed by atoms with Gasteiger partial charge in [-0.2, -0.15) is 0 Å². The van der Waals surface area contributed by atoms with Crippen LogP contribution in [0.15, 0.2) is 18.2 Å². The highest BCUT2D eigenvalue weighted by Crippen LogP contribution is 2.22. The third-order valence-corrected chi connectivity index (χ3v) is 3.52. The van der Waals surface area contributed by atoms with E-state index in [1.807, 2.05) is 6.92 Å². The van der Waals surface area contributed by atoms with Crippen LogP contribution in [0, 0.1) is 18.6 Å². The highest BCUT2D eigenvalue weighted by Gasteiger charge is 2.09. The van der Waals surface area contributed by atoms with Crippen molar-refractivity contribution in [1.82, 2.24) is 4.98 Å². The first kappa shape index (κ1) is 12.9. The molecular weight excluding hydrogens is 258 g/mol. The summed E-state index contributed by atoms with van der Waals surface area (Å²) in [7, 11) is 0. The number of thiazole rings is 1. The van der Waals surface area contributed by atoms with Crippen molar-refractivity contribution in [3.8, 4) is 5.75 Å². The van der Waals surface area contributed by atoms with Crippen molar-refractivity contribution >= 4 is 11.3 Å². The molecule has 0 radical (unpaired) electrons. The molecule has 0 spiro atoms. The third-order valence-electron chi connectivity index (χ3n) is 2.37. The zero-order chi connectivity index (χ0) is 13.1. The number of hydrogen-bond donors (Lipinski definition) is 1. The first-order valence-electron chi connectivity index (χ1n) is 5.33. The molecule has 0 atom stereocenters. The van der Waals surface area contributed by atoms with Crippen LogP contribution in [0.1, 0.15) is 15.6 Å². The molecular formula is C12H12F2N2OS. The van der Waals surface area contributed by atoms with Gasteiger partial charge in [-0.3, -0.25) is 0 Å². The molecule has 96 valence electrons. The van der Waals surface area contributed by atoms with Crippen LogP contribution in [-0.4, -0.2) is 4.98 Å². The molecule has 6 heteroatoms. The predicted octanol–water partition coefficient (Wildman–Crippen LogP) is 2.77. The Morgan fingerprint density at radius 3 is 2.78 bits per heavy atom. The standard InChI is InChI=1S/C12H12F2N2OS/c1-7-11(5-15)18-12(16-7)6-17-10-3-2-8(13)4-9(10)14/h2-4H,5-6,15H2,1H3. The number of rotatable bonds is 4. The minimum absolute atomic E-state index is 0.0125. The molecule has 0 fully saturated rings. The lowest BCUT2D eigenvalue weighted by atomic mass is 10.3. The van der Waals surface area contributed by atoms with E-state index in [-0.39, 0.29) is 12.4 Å². The van der Waals surface area contributed by atoms with Gasteiger partial charge in [0.2, 0.25) is 0 Å². The zero-order valence-electron chi connectivity index (χ0n) is 9.74. The monoisotopic (exact) mass is 270 g/mol. The Balaban J connectivity index is 2.06. The quantitative estimate of drug-likeness (QED) is 0.929. The van der Waals surface area contributed by atoms with Crippen LogP contribution in [0.25, 0.3) is 0 Å². The number of aryl methyl sites for hydroxylation is 1. The maximum Gasteiger partial charge on any atom is 0.167 e. The second-order valence-electron chi connectivity index (χ2n) is 3.68. The lowest BCUT2D eigenvalue weighted by Crippen LogP contribution is -1.97. The topological polar surface area (TPSA) is 48.1 Å². The van der Waals surface area contributed by atoms with E-state index in [0.29, 0.717) is 6.54 Å². The van der Waals surface area contributed by atoms with Crippen LogP contribution in [-0.2, 0) is 13.2 Å². The molecule has 1 aromatic carbocycles. The van der Waals surface area contributed by atoms with Gasteiger partial charge in [0.25, 0.3) is 0 Å². The summed E-state index contributed by atoms with van der Waals surface area (Å²) in [5.41, 5.74) is 6.40. The Morgan fingerprint density at radius 1 is 1.39 bits per heavy atom. The SMILES string of the molecule is Cc1nc(COc2ccc(F)cc2F)sc1CN. The molecule has 0 amide bonds. The summed E-state index contributed by atoms with van der Waals surface area (Å²) in [6.07, 6.45) is 0. The molecule has 1 heterocycles. The molecule has 2 rings (SSSR count). The number of hydrogen-bond acceptors (Lipinski definition) is 4. The minimum atomic E-state index is -0.720. The molecule has 3 nitrogen and oxygen atoms in total. The Morgan fingerprint density at radius 2 is 2.17 bits per heavy atom. The van der Waals surface area contributed by atoms with Crippen LogP contribution in [0.4, 0.5) is 8.78 Å². The highest BCUT2D eigenvalue weighted by atomic mass is 32.1. The van der Waals surface area contributed by atoms with E-state index in [1.54, 1.807) is 0 Å². The van der Waals surface area contributed by atoms with Gasteiger partial charge in [-0.1, -0.05) is 0 Å². The van der Waals surface area contributed by atoms with Gasteiger partial charge in [0, 0.05) is 17.5 Å². The van der Waals surface area contributed by atoms with Gasteiger partial charge in [0.15, 0.2) is 11.6 Å². The molecule has 0 bridgehead atoms. The van der Waals surface area contributed by atoms with Gasteiger partial charge in [-0.15, -0.1) is 11.3 Å². The first-order valence-corrected chi connectivity index (χ1v) is 6.15. The number of nitrogens with zero attached hydrogens (tertiary/aromatic N) is 1. The smallest absolute Gasteiger partial charge is 0.167 e.